The van der Waals surface area contributed by atoms with E-state index in [1.807, 2.05) is 0 Å². The van der Waals surface area contributed by atoms with Gasteiger partial charge in [0.15, 0.2) is 0 Å². The molecule has 0 radical (unpaired) electrons. The number of nitrogens with one attached hydrogen (secondary N) is 1. The summed E-state index contributed by atoms with van der Waals surface area (Å²) in [5.74, 6) is -0.150. The van der Waals surface area contributed by atoms with Crippen LogP contribution in [0.4, 0.5) is 23.7 Å². The summed E-state index contributed by atoms with van der Waals surface area (Å²) >= 11 is 2.87. The summed E-state index contributed by atoms with van der Waals surface area (Å²) in [5.41, 5.74) is -0.891. The van der Waals surface area contributed by atoms with Crippen LogP contribution in [0.1, 0.15) is 12.0 Å². The number of amides is 2. The highest BCUT2D eigenvalue weighted by Gasteiger charge is 2.36. The summed E-state index contributed by atoms with van der Waals surface area (Å²) in [6.07, 6.45) is -4.09. The fraction of sp³-hybridized carbons (Fsp3) is 0.500. The second-order valence-electron chi connectivity index (χ2n) is 5.37. The molecule has 2 unspecified atom stereocenters. The monoisotopic (exact) mass is 396 g/mol. The highest BCUT2D eigenvalue weighted by molar-refractivity contribution is 9.10. The standard InChI is InChI=1S/C14H16BrF3N2O3/c15-12-10(14(16,17)18)2-1-3-11(12)19-13(23)20-5-8(6-21)4-9(20)7-22/h1-3,8-9,21-22H,4-7H2,(H,19,23). The number of hydrogen-bond donors (Lipinski definition) is 3. The van der Waals surface area contributed by atoms with Gasteiger partial charge < -0.3 is 20.4 Å². The Morgan fingerprint density at radius 3 is 2.61 bits per heavy atom. The summed E-state index contributed by atoms with van der Waals surface area (Å²) in [4.78, 5) is 13.6. The number of halogens is 4. The lowest BCUT2D eigenvalue weighted by Gasteiger charge is -2.24. The van der Waals surface area contributed by atoms with Crippen LogP contribution in [0, 0.1) is 5.92 Å². The molecule has 0 bridgehead atoms. The second-order valence-corrected chi connectivity index (χ2v) is 6.16. The van der Waals surface area contributed by atoms with Gasteiger partial charge in [0.2, 0.25) is 0 Å². The third-order valence-corrected chi connectivity index (χ3v) is 4.63. The van der Waals surface area contributed by atoms with Gasteiger partial charge in [-0.05, 0) is 34.5 Å². The van der Waals surface area contributed by atoms with Crippen LogP contribution in [-0.2, 0) is 6.18 Å². The number of carbonyl (C=O) groups is 1. The van der Waals surface area contributed by atoms with Crippen molar-refractivity contribution < 1.29 is 28.2 Å². The van der Waals surface area contributed by atoms with Crippen LogP contribution >= 0.6 is 15.9 Å². The highest BCUT2D eigenvalue weighted by atomic mass is 79.9. The molecule has 3 N–H and O–H groups in total. The fourth-order valence-electron chi connectivity index (χ4n) is 2.60. The van der Waals surface area contributed by atoms with Crippen LogP contribution < -0.4 is 5.32 Å². The molecule has 1 aromatic rings. The van der Waals surface area contributed by atoms with E-state index in [1.165, 1.54) is 17.0 Å². The third kappa shape index (κ3) is 3.96. The van der Waals surface area contributed by atoms with Crippen LogP contribution in [-0.4, -0.2) is 46.9 Å². The van der Waals surface area contributed by atoms with Gasteiger partial charge in [-0.15, -0.1) is 0 Å². The van der Waals surface area contributed by atoms with E-state index in [1.54, 1.807) is 0 Å². The predicted molar refractivity (Wildman–Crippen MR) is 80.9 cm³/mol. The SMILES string of the molecule is O=C(Nc1cccc(C(F)(F)F)c1Br)N1CC(CO)CC1CO. The maximum atomic E-state index is 12.9. The molecule has 5 nitrogen and oxygen atoms in total. The lowest BCUT2D eigenvalue weighted by Crippen LogP contribution is -2.40. The van der Waals surface area contributed by atoms with Gasteiger partial charge >= 0.3 is 12.2 Å². The van der Waals surface area contributed by atoms with Crippen molar-refractivity contribution in [2.45, 2.75) is 18.6 Å². The third-order valence-electron chi connectivity index (χ3n) is 3.78. The summed E-state index contributed by atoms with van der Waals surface area (Å²) < 4.78 is 38.3. The molecule has 0 saturated carbocycles. The van der Waals surface area contributed by atoms with Gasteiger partial charge in [-0.2, -0.15) is 13.2 Å². The van der Waals surface area contributed by atoms with E-state index in [4.69, 9.17) is 5.11 Å². The Morgan fingerprint density at radius 2 is 2.04 bits per heavy atom. The number of benzene rings is 1. The molecule has 0 spiro atoms. The number of anilines is 1. The van der Waals surface area contributed by atoms with Crippen molar-refractivity contribution in [1.82, 2.24) is 4.90 Å². The van der Waals surface area contributed by atoms with Crippen molar-refractivity contribution in [3.63, 3.8) is 0 Å². The first kappa shape index (κ1) is 18.0. The zero-order chi connectivity index (χ0) is 17.2. The molecular formula is C14H16BrF3N2O3. The molecule has 128 valence electrons. The van der Waals surface area contributed by atoms with Gasteiger partial charge in [-0.25, -0.2) is 4.79 Å². The number of alkyl halides is 3. The maximum Gasteiger partial charge on any atom is 0.417 e. The van der Waals surface area contributed by atoms with E-state index < -0.39 is 23.8 Å². The summed E-state index contributed by atoms with van der Waals surface area (Å²) in [5, 5.41) is 20.9. The van der Waals surface area contributed by atoms with Crippen LogP contribution in [0.5, 0.6) is 0 Å². The maximum absolute atomic E-state index is 12.9. The molecule has 2 atom stereocenters. The molecule has 9 heteroatoms. The Balaban J connectivity index is 2.18. The predicted octanol–water partition coefficient (Wildman–Crippen LogP) is 2.67. The normalized spacial score (nSPS) is 21.6. The van der Waals surface area contributed by atoms with Crippen molar-refractivity contribution in [1.29, 1.82) is 0 Å². The van der Waals surface area contributed by atoms with Crippen molar-refractivity contribution in [2.75, 3.05) is 25.1 Å². The number of aliphatic hydroxyl groups is 2. The topological polar surface area (TPSA) is 72.8 Å². The smallest absolute Gasteiger partial charge is 0.396 e. The van der Waals surface area contributed by atoms with Crippen molar-refractivity contribution in [3.8, 4) is 0 Å². The van der Waals surface area contributed by atoms with Crippen molar-refractivity contribution >= 4 is 27.6 Å². The number of urea groups is 1. The lowest BCUT2D eigenvalue weighted by atomic mass is 10.1. The van der Waals surface area contributed by atoms with E-state index >= 15 is 0 Å². The number of rotatable bonds is 3. The van der Waals surface area contributed by atoms with Crippen LogP contribution in [0.25, 0.3) is 0 Å². The Kier molecular flexibility index (Phi) is 5.53. The first-order chi connectivity index (χ1) is 10.8. The molecule has 1 heterocycles. The molecule has 2 amide bonds. The Bertz CT molecular complexity index is 583. The van der Waals surface area contributed by atoms with E-state index in [9.17, 15) is 23.1 Å². The molecular weight excluding hydrogens is 381 g/mol. The largest absolute Gasteiger partial charge is 0.417 e. The lowest BCUT2D eigenvalue weighted by molar-refractivity contribution is -0.138. The van der Waals surface area contributed by atoms with Crippen molar-refractivity contribution in [3.05, 3.63) is 28.2 Å². The number of hydrogen-bond acceptors (Lipinski definition) is 3. The van der Waals surface area contributed by atoms with Crippen molar-refractivity contribution in [2.24, 2.45) is 5.92 Å². The number of carbonyl (C=O) groups excluding carboxylic acids is 1. The van der Waals surface area contributed by atoms with E-state index in [0.29, 0.717) is 6.42 Å². The minimum absolute atomic E-state index is 0.00559. The number of aliphatic hydroxyl groups excluding tert-OH is 2. The zero-order valence-corrected chi connectivity index (χ0v) is 13.6. The number of likely N-dealkylation sites (tertiary alicyclic amines) is 1. The number of nitrogens with zero attached hydrogens (tertiary/aromatic N) is 1. The zero-order valence-electron chi connectivity index (χ0n) is 12.0. The van der Waals surface area contributed by atoms with Gasteiger partial charge in [0.1, 0.15) is 0 Å². The minimum Gasteiger partial charge on any atom is -0.396 e. The highest BCUT2D eigenvalue weighted by Crippen LogP contribution is 2.38. The summed E-state index contributed by atoms with van der Waals surface area (Å²) in [7, 11) is 0. The van der Waals surface area contributed by atoms with E-state index in [2.05, 4.69) is 21.2 Å². The fourth-order valence-corrected chi connectivity index (χ4v) is 3.19. The second kappa shape index (κ2) is 7.06. The van der Waals surface area contributed by atoms with Gasteiger partial charge in [-0.1, -0.05) is 6.07 Å². The van der Waals surface area contributed by atoms with Gasteiger partial charge in [0, 0.05) is 19.1 Å². The van der Waals surface area contributed by atoms with Gasteiger partial charge in [-0.3, -0.25) is 0 Å². The van der Waals surface area contributed by atoms with Crippen LogP contribution in [0.2, 0.25) is 0 Å². The van der Waals surface area contributed by atoms with Crippen LogP contribution in [0.3, 0.4) is 0 Å². The molecule has 1 aromatic carbocycles. The first-order valence-corrected chi connectivity index (χ1v) is 7.72. The molecule has 2 rings (SSSR count). The average Bonchev–Trinajstić information content (AvgIpc) is 2.91. The van der Waals surface area contributed by atoms with Gasteiger partial charge in [0.05, 0.1) is 28.4 Å². The van der Waals surface area contributed by atoms with E-state index in [0.717, 1.165) is 6.07 Å². The van der Waals surface area contributed by atoms with Gasteiger partial charge in [0.25, 0.3) is 0 Å². The average molecular weight is 397 g/mol. The minimum atomic E-state index is -4.54. The molecule has 1 aliphatic rings. The molecule has 0 aliphatic carbocycles. The van der Waals surface area contributed by atoms with E-state index in [-0.39, 0.29) is 35.8 Å². The molecule has 0 aromatic heterocycles. The Morgan fingerprint density at radius 1 is 1.35 bits per heavy atom. The quantitative estimate of drug-likeness (QED) is 0.735. The first-order valence-electron chi connectivity index (χ1n) is 6.93. The summed E-state index contributed by atoms with van der Waals surface area (Å²) in [6, 6.07) is 2.39. The molecule has 23 heavy (non-hydrogen) atoms. The Labute approximate surface area is 139 Å². The molecule has 1 aliphatic heterocycles. The van der Waals surface area contributed by atoms with Crippen LogP contribution in [0.15, 0.2) is 22.7 Å². The Hall–Kier alpha value is -1.32. The summed E-state index contributed by atoms with van der Waals surface area (Å²) in [6.45, 7) is -0.147. The molecule has 1 saturated heterocycles. The molecule has 1 fully saturated rings.